The second kappa shape index (κ2) is 6.10. The Morgan fingerprint density at radius 1 is 0.913 bits per heavy atom. The average molecular weight is 335 g/mol. The summed E-state index contributed by atoms with van der Waals surface area (Å²) in [5, 5.41) is 0. The zero-order chi connectivity index (χ0) is 17.3. The van der Waals surface area contributed by atoms with Crippen LogP contribution in [0.25, 0.3) is 11.3 Å². The molecule has 0 aliphatic carbocycles. The van der Waals surface area contributed by atoms with Crippen LogP contribution in [-0.4, -0.2) is 11.6 Å². The van der Waals surface area contributed by atoms with Crippen molar-refractivity contribution in [3.63, 3.8) is 0 Å². The highest BCUT2D eigenvalue weighted by Gasteiger charge is 2.37. The smallest absolute Gasteiger partial charge is 0.416 e. The van der Waals surface area contributed by atoms with Gasteiger partial charge in [-0.2, -0.15) is 26.3 Å². The lowest BCUT2D eigenvalue weighted by Crippen LogP contribution is -2.11. The SMILES string of the molecule is CCOc1ccc(-c2cc(C(F)(F)F)cc(C(F)(F)F)c2)nc1. The van der Waals surface area contributed by atoms with Crippen molar-refractivity contribution in [2.24, 2.45) is 0 Å². The second-order valence-electron chi connectivity index (χ2n) is 4.61. The number of hydrogen-bond acceptors (Lipinski definition) is 2. The van der Waals surface area contributed by atoms with Crippen LogP contribution in [0.15, 0.2) is 36.5 Å². The Kier molecular flexibility index (Phi) is 4.53. The number of nitrogens with zero attached hydrogens (tertiary/aromatic N) is 1. The first-order valence-electron chi connectivity index (χ1n) is 6.50. The number of pyridine rings is 1. The number of aromatic nitrogens is 1. The van der Waals surface area contributed by atoms with E-state index in [9.17, 15) is 26.3 Å². The maximum atomic E-state index is 12.8. The van der Waals surface area contributed by atoms with Crippen LogP contribution in [-0.2, 0) is 12.4 Å². The van der Waals surface area contributed by atoms with E-state index in [-0.39, 0.29) is 17.3 Å². The van der Waals surface area contributed by atoms with Gasteiger partial charge in [0.25, 0.3) is 0 Å². The van der Waals surface area contributed by atoms with Gasteiger partial charge < -0.3 is 4.74 Å². The molecule has 0 saturated carbocycles. The van der Waals surface area contributed by atoms with Gasteiger partial charge in [-0.15, -0.1) is 0 Å². The largest absolute Gasteiger partial charge is 0.492 e. The fourth-order valence-corrected chi connectivity index (χ4v) is 1.91. The Balaban J connectivity index is 2.52. The number of hydrogen-bond donors (Lipinski definition) is 0. The first kappa shape index (κ1) is 17.1. The zero-order valence-corrected chi connectivity index (χ0v) is 11.8. The molecule has 0 amide bonds. The van der Waals surface area contributed by atoms with E-state index in [1.165, 1.54) is 18.3 Å². The molecule has 0 aliphatic rings. The lowest BCUT2D eigenvalue weighted by molar-refractivity contribution is -0.143. The molecule has 0 spiro atoms. The van der Waals surface area contributed by atoms with E-state index < -0.39 is 23.5 Å². The van der Waals surface area contributed by atoms with Crippen LogP contribution < -0.4 is 4.74 Å². The number of ether oxygens (including phenoxy) is 1. The predicted molar refractivity (Wildman–Crippen MR) is 70.8 cm³/mol. The summed E-state index contributed by atoms with van der Waals surface area (Å²) < 4.78 is 82.0. The first-order chi connectivity index (χ1) is 10.6. The van der Waals surface area contributed by atoms with Gasteiger partial charge >= 0.3 is 12.4 Å². The van der Waals surface area contributed by atoms with Crippen LogP contribution in [0.2, 0.25) is 0 Å². The first-order valence-corrected chi connectivity index (χ1v) is 6.50. The van der Waals surface area contributed by atoms with Crippen LogP contribution in [0.4, 0.5) is 26.3 Å². The summed E-state index contributed by atoms with van der Waals surface area (Å²) in [5.41, 5.74) is -3.03. The van der Waals surface area contributed by atoms with Crippen molar-refractivity contribution in [1.82, 2.24) is 4.98 Å². The number of halogens is 6. The van der Waals surface area contributed by atoms with Crippen molar-refractivity contribution >= 4 is 0 Å². The molecule has 0 radical (unpaired) electrons. The molecule has 23 heavy (non-hydrogen) atoms. The molecule has 0 aliphatic heterocycles. The molecule has 0 atom stereocenters. The average Bonchev–Trinajstić information content (AvgIpc) is 2.46. The van der Waals surface area contributed by atoms with E-state index in [0.29, 0.717) is 24.5 Å². The van der Waals surface area contributed by atoms with Gasteiger partial charge in [-0.25, -0.2) is 0 Å². The van der Waals surface area contributed by atoms with Crippen molar-refractivity contribution in [1.29, 1.82) is 0 Å². The minimum absolute atomic E-state index is 0.00921. The van der Waals surface area contributed by atoms with Crippen molar-refractivity contribution < 1.29 is 31.1 Å². The van der Waals surface area contributed by atoms with Gasteiger partial charge in [0.15, 0.2) is 0 Å². The van der Waals surface area contributed by atoms with Crippen LogP contribution >= 0.6 is 0 Å². The lowest BCUT2D eigenvalue weighted by Gasteiger charge is -2.14. The Morgan fingerprint density at radius 2 is 1.48 bits per heavy atom. The predicted octanol–water partition coefficient (Wildman–Crippen LogP) is 5.18. The van der Waals surface area contributed by atoms with Gasteiger partial charge in [0.05, 0.1) is 29.6 Å². The highest BCUT2D eigenvalue weighted by atomic mass is 19.4. The lowest BCUT2D eigenvalue weighted by atomic mass is 10.0. The van der Waals surface area contributed by atoms with Gasteiger partial charge in [-0.05, 0) is 37.3 Å². The number of alkyl halides is 6. The third-order valence-corrected chi connectivity index (χ3v) is 2.93. The Labute approximate surface area is 127 Å². The Bertz CT molecular complexity index is 644. The molecule has 124 valence electrons. The van der Waals surface area contributed by atoms with Crippen molar-refractivity contribution in [3.8, 4) is 17.0 Å². The highest BCUT2D eigenvalue weighted by molar-refractivity contribution is 5.62. The molecule has 2 rings (SSSR count). The molecule has 0 N–H and O–H groups in total. The van der Waals surface area contributed by atoms with E-state index >= 15 is 0 Å². The fourth-order valence-electron chi connectivity index (χ4n) is 1.91. The van der Waals surface area contributed by atoms with Crippen molar-refractivity contribution in [2.45, 2.75) is 19.3 Å². The normalized spacial score (nSPS) is 12.3. The van der Waals surface area contributed by atoms with Crippen LogP contribution in [0.5, 0.6) is 5.75 Å². The molecule has 8 heteroatoms. The molecule has 1 aromatic carbocycles. The van der Waals surface area contributed by atoms with Crippen LogP contribution in [0, 0.1) is 0 Å². The summed E-state index contributed by atoms with van der Waals surface area (Å²) in [7, 11) is 0. The molecule has 0 saturated heterocycles. The van der Waals surface area contributed by atoms with Gasteiger partial charge in [-0.1, -0.05) is 0 Å². The summed E-state index contributed by atoms with van der Waals surface area (Å²) >= 11 is 0. The van der Waals surface area contributed by atoms with Crippen molar-refractivity contribution in [3.05, 3.63) is 47.7 Å². The third kappa shape index (κ3) is 4.14. The summed E-state index contributed by atoms with van der Waals surface area (Å²) in [6.07, 6.45) is -8.53. The molecule has 0 unspecified atom stereocenters. The highest BCUT2D eigenvalue weighted by Crippen LogP contribution is 2.38. The maximum absolute atomic E-state index is 12.8. The number of benzene rings is 1. The summed E-state index contributed by atoms with van der Waals surface area (Å²) in [6, 6.07) is 4.09. The summed E-state index contributed by atoms with van der Waals surface area (Å²) in [6.45, 7) is 2.10. The minimum atomic E-state index is -4.89. The number of rotatable bonds is 3. The Morgan fingerprint density at radius 3 is 1.87 bits per heavy atom. The van der Waals surface area contributed by atoms with E-state index in [1.54, 1.807) is 6.92 Å². The monoisotopic (exact) mass is 335 g/mol. The van der Waals surface area contributed by atoms with Gasteiger partial charge in [0, 0.05) is 5.56 Å². The maximum Gasteiger partial charge on any atom is 0.416 e. The van der Waals surface area contributed by atoms with E-state index in [1.807, 2.05) is 0 Å². The van der Waals surface area contributed by atoms with E-state index in [4.69, 9.17) is 4.74 Å². The molecule has 2 nitrogen and oxygen atoms in total. The van der Waals surface area contributed by atoms with Gasteiger partial charge in [-0.3, -0.25) is 4.98 Å². The quantitative estimate of drug-likeness (QED) is 0.721. The van der Waals surface area contributed by atoms with Gasteiger partial charge in [0.1, 0.15) is 5.75 Å². The molecule has 0 fully saturated rings. The third-order valence-electron chi connectivity index (χ3n) is 2.93. The van der Waals surface area contributed by atoms with Crippen LogP contribution in [0.3, 0.4) is 0 Å². The fraction of sp³-hybridized carbons (Fsp3) is 0.267. The molecule has 1 aromatic heterocycles. The standard InChI is InChI=1S/C15H11F6NO/c1-2-23-12-3-4-13(22-8-12)9-5-10(14(16,17)18)7-11(6-9)15(19,20)21/h3-8H,2H2,1H3. The summed E-state index contributed by atoms with van der Waals surface area (Å²) in [5.74, 6) is 0.374. The molecular weight excluding hydrogens is 324 g/mol. The van der Waals surface area contributed by atoms with E-state index in [2.05, 4.69) is 4.98 Å². The van der Waals surface area contributed by atoms with E-state index in [0.717, 1.165) is 0 Å². The topological polar surface area (TPSA) is 22.1 Å². The molecular formula is C15H11F6NO. The zero-order valence-electron chi connectivity index (χ0n) is 11.8. The molecule has 0 bridgehead atoms. The van der Waals surface area contributed by atoms with Crippen LogP contribution in [0.1, 0.15) is 18.1 Å². The van der Waals surface area contributed by atoms with Crippen molar-refractivity contribution in [2.75, 3.05) is 6.61 Å². The second-order valence-corrected chi connectivity index (χ2v) is 4.61. The molecule has 2 aromatic rings. The van der Waals surface area contributed by atoms with Gasteiger partial charge in [0.2, 0.25) is 0 Å². The summed E-state index contributed by atoms with van der Waals surface area (Å²) in [4.78, 5) is 3.85. The molecule has 1 heterocycles. The Hall–Kier alpha value is -2.25. The minimum Gasteiger partial charge on any atom is -0.492 e.